The van der Waals surface area contributed by atoms with Gasteiger partial charge in [-0.25, -0.2) is 0 Å². The molecule has 2 aromatic rings. The molecule has 0 atom stereocenters. The first-order valence-electron chi connectivity index (χ1n) is 7.99. The van der Waals surface area contributed by atoms with Crippen LogP contribution in [0.25, 0.3) is 0 Å². The number of hydrogen-bond donors (Lipinski definition) is 1. The van der Waals surface area contributed by atoms with Crippen molar-refractivity contribution in [3.8, 4) is 11.5 Å². The zero-order valence-corrected chi connectivity index (χ0v) is 14.9. The largest absolute Gasteiger partial charge is 0.457 e. The number of aliphatic imine (C=N–C) groups is 2. The van der Waals surface area contributed by atoms with Gasteiger partial charge in [-0.1, -0.05) is 24.8 Å². The van der Waals surface area contributed by atoms with E-state index in [1.54, 1.807) is 7.05 Å². The number of nitrogens with zero attached hydrogens (tertiary/aromatic N) is 2. The summed E-state index contributed by atoms with van der Waals surface area (Å²) < 4.78 is 5.83. The molecule has 25 heavy (non-hydrogen) atoms. The first-order chi connectivity index (χ1) is 12.1. The quantitative estimate of drug-likeness (QED) is 0.777. The fraction of sp³-hybridized carbons (Fsp3) is 0.143. The molecule has 4 heteroatoms. The van der Waals surface area contributed by atoms with E-state index in [9.17, 15) is 0 Å². The molecule has 4 nitrogen and oxygen atoms in total. The minimum absolute atomic E-state index is 0.660. The minimum Gasteiger partial charge on any atom is -0.457 e. The molecule has 0 amide bonds. The monoisotopic (exact) mass is 333 g/mol. The van der Waals surface area contributed by atoms with Gasteiger partial charge >= 0.3 is 0 Å². The SMILES string of the molecule is C=CN=C(C)/C(C(=NC)c1ccc(Oc2ccccc2)cc1)=C(\C)N. The molecule has 0 fully saturated rings. The van der Waals surface area contributed by atoms with E-state index in [0.717, 1.165) is 34.1 Å². The van der Waals surface area contributed by atoms with Gasteiger partial charge in [-0.05, 0) is 50.2 Å². The molecular formula is C21H23N3O. The van der Waals surface area contributed by atoms with Gasteiger partial charge in [-0.15, -0.1) is 0 Å². The van der Waals surface area contributed by atoms with Crippen LogP contribution in [0.4, 0.5) is 0 Å². The molecule has 2 N–H and O–H groups in total. The second kappa shape index (κ2) is 8.64. The number of rotatable bonds is 6. The van der Waals surface area contributed by atoms with Crippen LogP contribution < -0.4 is 10.5 Å². The lowest BCUT2D eigenvalue weighted by Gasteiger charge is -2.13. The number of nitrogens with two attached hydrogens (primary N) is 1. The maximum absolute atomic E-state index is 6.07. The highest BCUT2D eigenvalue weighted by Gasteiger charge is 2.14. The van der Waals surface area contributed by atoms with E-state index >= 15 is 0 Å². The average Bonchev–Trinajstić information content (AvgIpc) is 2.61. The van der Waals surface area contributed by atoms with Crippen molar-refractivity contribution in [2.75, 3.05) is 7.05 Å². The number of para-hydroxylation sites is 1. The van der Waals surface area contributed by atoms with Crippen LogP contribution >= 0.6 is 0 Å². The highest BCUT2D eigenvalue weighted by molar-refractivity contribution is 6.30. The van der Waals surface area contributed by atoms with E-state index in [2.05, 4.69) is 16.6 Å². The summed E-state index contributed by atoms with van der Waals surface area (Å²) in [6.45, 7) is 7.38. The Morgan fingerprint density at radius 2 is 1.60 bits per heavy atom. The molecule has 0 radical (unpaired) electrons. The van der Waals surface area contributed by atoms with Crippen LogP contribution in [0.2, 0.25) is 0 Å². The van der Waals surface area contributed by atoms with E-state index in [4.69, 9.17) is 10.5 Å². The van der Waals surface area contributed by atoms with E-state index < -0.39 is 0 Å². The minimum atomic E-state index is 0.660. The summed E-state index contributed by atoms with van der Waals surface area (Å²) in [7, 11) is 1.74. The van der Waals surface area contributed by atoms with Crippen molar-refractivity contribution in [2.45, 2.75) is 13.8 Å². The van der Waals surface area contributed by atoms with Crippen LogP contribution in [0.3, 0.4) is 0 Å². The number of allylic oxidation sites excluding steroid dienone is 2. The highest BCUT2D eigenvalue weighted by Crippen LogP contribution is 2.23. The Balaban J connectivity index is 2.31. The van der Waals surface area contributed by atoms with E-state index in [0.29, 0.717) is 5.70 Å². The Bertz CT molecular complexity index is 812. The fourth-order valence-electron chi connectivity index (χ4n) is 2.54. The van der Waals surface area contributed by atoms with Gasteiger partial charge in [0, 0.05) is 35.8 Å². The van der Waals surface area contributed by atoms with Gasteiger partial charge in [0.1, 0.15) is 11.5 Å². The topological polar surface area (TPSA) is 60.0 Å². The predicted molar refractivity (Wildman–Crippen MR) is 106 cm³/mol. The van der Waals surface area contributed by atoms with Crippen molar-refractivity contribution in [3.63, 3.8) is 0 Å². The van der Waals surface area contributed by atoms with Crippen LogP contribution in [-0.2, 0) is 0 Å². The summed E-state index contributed by atoms with van der Waals surface area (Å²) in [6.07, 6.45) is 1.50. The van der Waals surface area contributed by atoms with Gasteiger partial charge in [0.25, 0.3) is 0 Å². The Kier molecular flexibility index (Phi) is 6.29. The molecule has 0 saturated carbocycles. The molecule has 0 heterocycles. The Labute approximate surface area is 149 Å². The highest BCUT2D eigenvalue weighted by atomic mass is 16.5. The van der Waals surface area contributed by atoms with Crippen molar-refractivity contribution in [1.82, 2.24) is 0 Å². The maximum Gasteiger partial charge on any atom is 0.127 e. The molecule has 2 rings (SSSR count). The zero-order chi connectivity index (χ0) is 18.2. The lowest BCUT2D eigenvalue weighted by atomic mass is 9.97. The Morgan fingerprint density at radius 1 is 1.00 bits per heavy atom. The van der Waals surface area contributed by atoms with Crippen LogP contribution in [0.5, 0.6) is 11.5 Å². The first kappa shape index (κ1) is 18.2. The van der Waals surface area contributed by atoms with Gasteiger partial charge in [-0.3, -0.25) is 9.98 Å². The average molecular weight is 333 g/mol. The number of hydrogen-bond acceptors (Lipinski definition) is 4. The van der Waals surface area contributed by atoms with Gasteiger partial charge in [0.05, 0.1) is 5.71 Å². The Hall–Kier alpha value is -3.14. The maximum atomic E-state index is 6.07. The molecule has 0 unspecified atom stereocenters. The van der Waals surface area contributed by atoms with Crippen molar-refractivity contribution < 1.29 is 4.74 Å². The molecule has 0 aromatic heterocycles. The number of ether oxygens (including phenoxy) is 1. The summed E-state index contributed by atoms with van der Waals surface area (Å²) in [5.74, 6) is 1.56. The molecule has 0 spiro atoms. The zero-order valence-electron chi connectivity index (χ0n) is 14.9. The summed E-state index contributed by atoms with van der Waals surface area (Å²) in [5.41, 5.74) is 10.1. The molecule has 0 aliphatic carbocycles. The Morgan fingerprint density at radius 3 is 2.12 bits per heavy atom. The lowest BCUT2D eigenvalue weighted by Crippen LogP contribution is -2.17. The van der Waals surface area contributed by atoms with Gasteiger partial charge in [0.2, 0.25) is 0 Å². The summed E-state index contributed by atoms with van der Waals surface area (Å²) in [5, 5.41) is 0. The second-order valence-electron chi connectivity index (χ2n) is 5.47. The first-order valence-corrected chi connectivity index (χ1v) is 7.99. The third-order valence-electron chi connectivity index (χ3n) is 3.61. The van der Waals surface area contributed by atoms with Crippen LogP contribution in [0, 0.1) is 0 Å². The summed E-state index contributed by atoms with van der Waals surface area (Å²) >= 11 is 0. The van der Waals surface area contributed by atoms with E-state index in [-0.39, 0.29) is 0 Å². The van der Waals surface area contributed by atoms with Gasteiger partial charge in [0.15, 0.2) is 0 Å². The lowest BCUT2D eigenvalue weighted by molar-refractivity contribution is 0.482. The second-order valence-corrected chi connectivity index (χ2v) is 5.47. The molecule has 0 bridgehead atoms. The van der Waals surface area contributed by atoms with Gasteiger partial charge in [-0.2, -0.15) is 0 Å². The number of benzene rings is 2. The molecule has 0 saturated heterocycles. The molecule has 128 valence electrons. The fourth-order valence-corrected chi connectivity index (χ4v) is 2.54. The van der Waals surface area contributed by atoms with Crippen molar-refractivity contribution >= 4 is 11.4 Å². The van der Waals surface area contributed by atoms with Crippen molar-refractivity contribution in [1.29, 1.82) is 0 Å². The molecule has 0 aliphatic rings. The van der Waals surface area contributed by atoms with Crippen molar-refractivity contribution in [3.05, 3.63) is 84.2 Å². The third-order valence-corrected chi connectivity index (χ3v) is 3.61. The van der Waals surface area contributed by atoms with Crippen LogP contribution in [0.15, 0.2) is 88.6 Å². The summed E-state index contributed by atoms with van der Waals surface area (Å²) in [4.78, 5) is 8.67. The molecular weight excluding hydrogens is 310 g/mol. The van der Waals surface area contributed by atoms with Crippen molar-refractivity contribution in [2.24, 2.45) is 15.7 Å². The normalized spacial score (nSPS) is 13.2. The summed E-state index contributed by atoms with van der Waals surface area (Å²) in [6, 6.07) is 17.4. The standard InChI is InChI=1S/C21H23N3O/c1-5-24-16(3)20(15(2)22)21(23-4)17-11-13-19(14-12-17)25-18-9-7-6-8-10-18/h5-14H,1,22H2,2-4H3/b20-15-,23-21?,24-16?. The van der Waals surface area contributed by atoms with E-state index in [1.807, 2.05) is 68.4 Å². The molecule has 0 aliphatic heterocycles. The van der Waals surface area contributed by atoms with Crippen LogP contribution in [0.1, 0.15) is 19.4 Å². The third kappa shape index (κ3) is 4.67. The van der Waals surface area contributed by atoms with Gasteiger partial charge < -0.3 is 10.5 Å². The van der Waals surface area contributed by atoms with Crippen LogP contribution in [-0.4, -0.2) is 18.5 Å². The van der Waals surface area contributed by atoms with E-state index in [1.165, 1.54) is 6.20 Å². The smallest absolute Gasteiger partial charge is 0.127 e. The predicted octanol–water partition coefficient (Wildman–Crippen LogP) is 4.73. The molecule has 2 aromatic carbocycles.